The Labute approximate surface area is 178 Å². The van der Waals surface area contributed by atoms with E-state index in [0.717, 1.165) is 45.1 Å². The monoisotopic (exact) mass is 427 g/mol. The lowest BCUT2D eigenvalue weighted by Gasteiger charge is -2.19. The van der Waals surface area contributed by atoms with Gasteiger partial charge in [-0.2, -0.15) is 0 Å². The molecule has 0 radical (unpaired) electrons. The SMILES string of the molecule is CCl.O=C(CCCCCC1NCCCCCCOc2ccccc2NC1=O)NO. The first-order valence-corrected chi connectivity index (χ1v) is 11.0. The molecule has 0 fully saturated rings. The van der Waals surface area contributed by atoms with Gasteiger partial charge in [0.25, 0.3) is 0 Å². The van der Waals surface area contributed by atoms with Crippen LogP contribution in [0.15, 0.2) is 24.3 Å². The van der Waals surface area contributed by atoms with Crippen LogP contribution in [0.25, 0.3) is 0 Å². The first-order valence-electron chi connectivity index (χ1n) is 10.3. The number of alkyl halides is 1. The van der Waals surface area contributed by atoms with E-state index in [1.165, 1.54) is 6.38 Å². The van der Waals surface area contributed by atoms with E-state index in [-0.39, 0.29) is 17.9 Å². The third-order valence-corrected chi connectivity index (χ3v) is 4.70. The molecule has 7 nitrogen and oxygen atoms in total. The number of hydroxylamine groups is 1. The van der Waals surface area contributed by atoms with Gasteiger partial charge in [-0.25, -0.2) is 5.48 Å². The standard InChI is InChI=1S/C20H31N3O4.CH3Cl/c24-19(23-26)13-5-3-4-11-17-20(25)22-16-10-6-7-12-18(16)27-15-9-2-1-8-14-21-17;1-2/h6-7,10,12,17,21,26H,1-5,8-9,11,13-15H2,(H,22,25)(H,23,24);1H3. The molecule has 0 saturated heterocycles. The lowest BCUT2D eigenvalue weighted by Crippen LogP contribution is -2.41. The van der Waals surface area contributed by atoms with Crippen LogP contribution in [-0.2, 0) is 9.59 Å². The number of unbranched alkanes of at least 4 members (excludes halogenated alkanes) is 2. The Bertz CT molecular complexity index is 601. The van der Waals surface area contributed by atoms with E-state index in [1.54, 1.807) is 5.48 Å². The zero-order valence-electron chi connectivity index (χ0n) is 17.2. The van der Waals surface area contributed by atoms with E-state index >= 15 is 0 Å². The summed E-state index contributed by atoms with van der Waals surface area (Å²) in [6.07, 6.45) is 9.10. The van der Waals surface area contributed by atoms with E-state index < -0.39 is 0 Å². The fourth-order valence-electron chi connectivity index (χ4n) is 3.15. The number of fused-ring (bicyclic) bond motifs is 1. The molecule has 2 rings (SSSR count). The summed E-state index contributed by atoms with van der Waals surface area (Å²) in [6, 6.07) is 7.25. The lowest BCUT2D eigenvalue weighted by atomic mass is 10.1. The highest BCUT2D eigenvalue weighted by Gasteiger charge is 2.19. The quantitative estimate of drug-likeness (QED) is 0.239. The largest absolute Gasteiger partial charge is 0.491 e. The van der Waals surface area contributed by atoms with Gasteiger partial charge in [0.05, 0.1) is 18.3 Å². The molecule has 0 saturated carbocycles. The predicted octanol–water partition coefficient (Wildman–Crippen LogP) is 3.85. The second kappa shape index (κ2) is 16.0. The van der Waals surface area contributed by atoms with Crippen molar-refractivity contribution in [3.63, 3.8) is 0 Å². The summed E-state index contributed by atoms with van der Waals surface area (Å²) in [5, 5.41) is 14.9. The first kappa shape index (κ1) is 25.2. The molecule has 29 heavy (non-hydrogen) atoms. The fourth-order valence-corrected chi connectivity index (χ4v) is 3.15. The number of amides is 2. The van der Waals surface area contributed by atoms with Crippen LogP contribution in [-0.4, -0.2) is 42.6 Å². The van der Waals surface area contributed by atoms with Gasteiger partial charge in [0, 0.05) is 12.8 Å². The molecule has 0 spiro atoms. The van der Waals surface area contributed by atoms with Crippen LogP contribution < -0.4 is 20.9 Å². The van der Waals surface area contributed by atoms with Gasteiger partial charge >= 0.3 is 0 Å². The van der Waals surface area contributed by atoms with Crippen molar-refractivity contribution < 1.29 is 19.5 Å². The molecule has 1 aromatic carbocycles. The zero-order chi connectivity index (χ0) is 21.3. The third-order valence-electron chi connectivity index (χ3n) is 4.70. The summed E-state index contributed by atoms with van der Waals surface area (Å²) in [6.45, 7) is 1.47. The van der Waals surface area contributed by atoms with E-state index in [1.807, 2.05) is 24.3 Å². The number of para-hydroxylation sites is 2. The Morgan fingerprint density at radius 3 is 2.72 bits per heavy atom. The van der Waals surface area contributed by atoms with Crippen LogP contribution in [0.2, 0.25) is 0 Å². The van der Waals surface area contributed by atoms with Crippen LogP contribution in [0.5, 0.6) is 5.75 Å². The van der Waals surface area contributed by atoms with Gasteiger partial charge in [-0.05, 0) is 44.4 Å². The number of benzene rings is 1. The van der Waals surface area contributed by atoms with Gasteiger partial charge in [-0.15, -0.1) is 11.6 Å². The van der Waals surface area contributed by atoms with Gasteiger partial charge in [0.2, 0.25) is 11.8 Å². The number of carbonyl (C=O) groups is 2. The number of halogens is 1. The second-order valence-corrected chi connectivity index (χ2v) is 6.89. The molecular formula is C21H34ClN3O4. The average Bonchev–Trinajstić information content (AvgIpc) is 2.76. The van der Waals surface area contributed by atoms with Gasteiger partial charge < -0.3 is 15.4 Å². The maximum atomic E-state index is 12.8. The molecule has 1 aliphatic heterocycles. The zero-order valence-corrected chi connectivity index (χ0v) is 18.0. The Balaban J connectivity index is 0.00000204. The first-order chi connectivity index (χ1) is 14.2. The van der Waals surface area contributed by atoms with Crippen LogP contribution in [0.4, 0.5) is 5.69 Å². The van der Waals surface area contributed by atoms with Crippen LogP contribution in [0.1, 0.15) is 57.8 Å². The number of carbonyl (C=O) groups excluding carboxylic acids is 2. The molecule has 1 heterocycles. The van der Waals surface area contributed by atoms with E-state index in [4.69, 9.17) is 9.94 Å². The van der Waals surface area contributed by atoms with Crippen molar-refractivity contribution in [2.75, 3.05) is 24.9 Å². The maximum absolute atomic E-state index is 12.8. The molecule has 1 atom stereocenters. The molecule has 8 heteroatoms. The highest BCUT2D eigenvalue weighted by molar-refractivity contribution is 6.15. The molecule has 2 amide bonds. The molecule has 1 unspecified atom stereocenters. The summed E-state index contributed by atoms with van der Waals surface area (Å²) in [7, 11) is 0. The van der Waals surface area contributed by atoms with Crippen molar-refractivity contribution in [3.8, 4) is 5.75 Å². The summed E-state index contributed by atoms with van der Waals surface area (Å²) in [5.41, 5.74) is 2.34. The van der Waals surface area contributed by atoms with Gasteiger partial charge in [0.15, 0.2) is 0 Å². The fraction of sp³-hybridized carbons (Fsp3) is 0.619. The molecule has 1 aliphatic rings. The van der Waals surface area contributed by atoms with Crippen molar-refractivity contribution >= 4 is 29.1 Å². The van der Waals surface area contributed by atoms with Crippen LogP contribution in [0, 0.1) is 0 Å². The number of hydrogen-bond donors (Lipinski definition) is 4. The number of anilines is 1. The van der Waals surface area contributed by atoms with Crippen LogP contribution in [0.3, 0.4) is 0 Å². The molecular weight excluding hydrogens is 394 g/mol. The lowest BCUT2D eigenvalue weighted by molar-refractivity contribution is -0.129. The average molecular weight is 428 g/mol. The molecule has 4 N–H and O–H groups in total. The summed E-state index contributed by atoms with van der Waals surface area (Å²) in [5.74, 6) is 0.279. The molecule has 0 aliphatic carbocycles. The van der Waals surface area contributed by atoms with Crippen molar-refractivity contribution in [2.24, 2.45) is 0 Å². The Hall–Kier alpha value is -1.83. The Morgan fingerprint density at radius 2 is 1.93 bits per heavy atom. The highest BCUT2D eigenvalue weighted by Crippen LogP contribution is 2.24. The summed E-state index contributed by atoms with van der Waals surface area (Å²) < 4.78 is 5.84. The normalized spacial score (nSPS) is 17.6. The summed E-state index contributed by atoms with van der Waals surface area (Å²) in [4.78, 5) is 23.8. The van der Waals surface area contributed by atoms with Gasteiger partial charge in [0.1, 0.15) is 5.75 Å². The van der Waals surface area contributed by atoms with Crippen molar-refractivity contribution in [1.82, 2.24) is 10.8 Å². The minimum absolute atomic E-state index is 0.0570. The minimum atomic E-state index is -0.371. The number of hydrogen-bond acceptors (Lipinski definition) is 5. The maximum Gasteiger partial charge on any atom is 0.243 e. The van der Waals surface area contributed by atoms with Crippen molar-refractivity contribution in [1.29, 1.82) is 0 Å². The number of ether oxygens (including phenoxy) is 1. The molecule has 0 aromatic heterocycles. The summed E-state index contributed by atoms with van der Waals surface area (Å²) >= 11 is 4.64. The molecule has 1 aromatic rings. The Morgan fingerprint density at radius 1 is 1.17 bits per heavy atom. The van der Waals surface area contributed by atoms with E-state index in [0.29, 0.717) is 37.3 Å². The highest BCUT2D eigenvalue weighted by atomic mass is 35.5. The number of nitrogens with one attached hydrogen (secondary N) is 3. The topological polar surface area (TPSA) is 99.7 Å². The Kier molecular flexibility index (Phi) is 13.9. The van der Waals surface area contributed by atoms with E-state index in [2.05, 4.69) is 22.2 Å². The molecule has 0 bridgehead atoms. The molecule has 164 valence electrons. The van der Waals surface area contributed by atoms with Gasteiger partial charge in [-0.1, -0.05) is 37.8 Å². The third kappa shape index (κ3) is 10.5. The number of rotatable bonds is 6. The predicted molar refractivity (Wildman–Crippen MR) is 116 cm³/mol. The smallest absolute Gasteiger partial charge is 0.243 e. The van der Waals surface area contributed by atoms with Crippen LogP contribution >= 0.6 is 11.6 Å². The second-order valence-electron chi connectivity index (χ2n) is 6.89. The van der Waals surface area contributed by atoms with Crippen molar-refractivity contribution in [3.05, 3.63) is 24.3 Å². The van der Waals surface area contributed by atoms with Crippen molar-refractivity contribution in [2.45, 2.75) is 63.8 Å². The van der Waals surface area contributed by atoms with E-state index in [9.17, 15) is 9.59 Å². The minimum Gasteiger partial charge on any atom is -0.491 e. The van der Waals surface area contributed by atoms with Gasteiger partial charge in [-0.3, -0.25) is 14.8 Å².